The van der Waals surface area contributed by atoms with Crippen molar-refractivity contribution in [3.63, 3.8) is 0 Å². The van der Waals surface area contributed by atoms with Gasteiger partial charge in [0.05, 0.1) is 13.2 Å². The van der Waals surface area contributed by atoms with Crippen LogP contribution in [0, 0.1) is 17.8 Å². The molecular weight excluding hydrogens is 470 g/mol. The van der Waals surface area contributed by atoms with Gasteiger partial charge in [-0.1, -0.05) is 60.7 Å². The molecule has 36 heavy (non-hydrogen) atoms. The van der Waals surface area contributed by atoms with E-state index in [0.29, 0.717) is 35.5 Å². The molecule has 6 N–H and O–H groups in total. The fraction of sp³-hybridized carbons (Fsp3) is 0.385. The van der Waals surface area contributed by atoms with Crippen LogP contribution in [0.5, 0.6) is 0 Å². The smallest absolute Gasteiger partial charge is 0.377 e. The first-order valence-corrected chi connectivity index (χ1v) is 11.6. The lowest BCUT2D eigenvalue weighted by atomic mass is 9.86. The Bertz CT molecular complexity index is 1060. The van der Waals surface area contributed by atoms with Gasteiger partial charge in [0, 0.05) is 5.92 Å². The summed E-state index contributed by atoms with van der Waals surface area (Å²) in [5.74, 6) is -1.69. The molecule has 5 rings (SSSR count). The highest BCUT2D eigenvalue weighted by Gasteiger charge is 2.54. The maximum Gasteiger partial charge on any atom is 0.377 e. The number of aliphatic hydroxyl groups excluding tert-OH is 4. The first-order chi connectivity index (χ1) is 17.3. The van der Waals surface area contributed by atoms with Gasteiger partial charge >= 0.3 is 11.9 Å². The van der Waals surface area contributed by atoms with Crippen LogP contribution in [0.2, 0.25) is 0 Å². The summed E-state index contributed by atoms with van der Waals surface area (Å²) in [6, 6.07) is 18.0. The van der Waals surface area contributed by atoms with E-state index in [0.717, 1.165) is 13.1 Å². The minimum absolute atomic E-state index is 0.387. The van der Waals surface area contributed by atoms with E-state index in [1.54, 1.807) is 24.3 Å². The lowest BCUT2D eigenvalue weighted by Gasteiger charge is -2.27. The van der Waals surface area contributed by atoms with Crippen molar-refractivity contribution >= 4 is 11.9 Å². The third-order valence-corrected chi connectivity index (χ3v) is 6.83. The van der Waals surface area contributed by atoms with Gasteiger partial charge in [0.1, 0.15) is 6.10 Å². The predicted octanol–water partition coefficient (Wildman–Crippen LogP) is 0.524. The minimum atomic E-state index is -1.77. The summed E-state index contributed by atoms with van der Waals surface area (Å²) >= 11 is 0. The predicted molar refractivity (Wildman–Crippen MR) is 125 cm³/mol. The Morgan fingerprint density at radius 1 is 1.03 bits per heavy atom. The van der Waals surface area contributed by atoms with Crippen molar-refractivity contribution in [2.75, 3.05) is 26.3 Å². The van der Waals surface area contributed by atoms with Crippen molar-refractivity contribution in [1.29, 1.82) is 0 Å². The topological polar surface area (TPSA) is 166 Å². The standard InChI is InChI=1S/C20H21NO3.C6H8O6/c22-19(24-13-18-16-11-21-12-17(16)18)20(23,14-7-3-1-4-8-14)15-9-5-2-6-10-15;7-1-2(8)5-3(9)4(10)6(11)12-5/h1-10,16-18,21,23H,11-13H2;2,5,7-10H,1H2/t16-,17+,18?;2-,5+/m.0/s1. The molecule has 2 heterocycles. The Labute approximate surface area is 207 Å². The molecule has 0 bridgehead atoms. The highest BCUT2D eigenvalue weighted by molar-refractivity contribution is 5.89. The molecule has 2 aliphatic heterocycles. The van der Waals surface area contributed by atoms with Crippen LogP contribution in [0.3, 0.4) is 0 Å². The van der Waals surface area contributed by atoms with Crippen LogP contribution in [-0.2, 0) is 24.7 Å². The zero-order valence-corrected chi connectivity index (χ0v) is 19.4. The molecule has 0 radical (unpaired) electrons. The number of aliphatic hydroxyl groups is 5. The number of cyclic esters (lactones) is 1. The van der Waals surface area contributed by atoms with Gasteiger partial charge in [0.2, 0.25) is 11.4 Å². The largest absolute Gasteiger partial charge is 0.505 e. The maximum absolute atomic E-state index is 12.8. The van der Waals surface area contributed by atoms with E-state index >= 15 is 0 Å². The van der Waals surface area contributed by atoms with Gasteiger partial charge < -0.3 is 40.3 Å². The zero-order valence-electron chi connectivity index (χ0n) is 19.4. The van der Waals surface area contributed by atoms with Crippen LogP contribution in [-0.4, -0.2) is 76.0 Å². The summed E-state index contributed by atoms with van der Waals surface area (Å²) in [7, 11) is 0. The number of hydrogen-bond acceptors (Lipinski definition) is 10. The fourth-order valence-electron chi connectivity index (χ4n) is 4.65. The molecule has 10 nitrogen and oxygen atoms in total. The molecule has 1 saturated carbocycles. The summed E-state index contributed by atoms with van der Waals surface area (Å²) in [4.78, 5) is 23.4. The third kappa shape index (κ3) is 4.93. The molecule has 192 valence electrons. The average Bonchev–Trinajstić information content (AvgIpc) is 3.20. The molecular formula is C26H29NO9. The van der Waals surface area contributed by atoms with E-state index in [1.807, 2.05) is 36.4 Å². The first kappa shape index (κ1) is 25.6. The van der Waals surface area contributed by atoms with E-state index < -0.39 is 47.9 Å². The number of carbonyl (C=O) groups is 2. The van der Waals surface area contributed by atoms with Crippen LogP contribution >= 0.6 is 0 Å². The van der Waals surface area contributed by atoms with Crippen LogP contribution in [0.1, 0.15) is 11.1 Å². The number of ether oxygens (including phenoxy) is 2. The molecule has 1 aliphatic carbocycles. The number of fused-ring (bicyclic) bond motifs is 1. The maximum atomic E-state index is 12.8. The van der Waals surface area contributed by atoms with Crippen LogP contribution in [0.15, 0.2) is 72.2 Å². The fourth-order valence-corrected chi connectivity index (χ4v) is 4.65. The van der Waals surface area contributed by atoms with Crippen molar-refractivity contribution in [3.8, 4) is 0 Å². The molecule has 3 aliphatic rings. The highest BCUT2D eigenvalue weighted by atomic mass is 16.6. The van der Waals surface area contributed by atoms with Crippen molar-refractivity contribution in [1.82, 2.24) is 5.32 Å². The van der Waals surface area contributed by atoms with Crippen LogP contribution in [0.4, 0.5) is 0 Å². The van der Waals surface area contributed by atoms with Gasteiger partial charge in [0.15, 0.2) is 11.9 Å². The van der Waals surface area contributed by atoms with Crippen molar-refractivity contribution < 1.29 is 44.6 Å². The van der Waals surface area contributed by atoms with Crippen molar-refractivity contribution in [3.05, 3.63) is 83.3 Å². The van der Waals surface area contributed by atoms with Crippen LogP contribution in [0.25, 0.3) is 0 Å². The third-order valence-electron chi connectivity index (χ3n) is 6.83. The molecule has 0 aromatic heterocycles. The second kappa shape index (κ2) is 10.7. The number of carbonyl (C=O) groups excluding carboxylic acids is 2. The Morgan fingerprint density at radius 2 is 1.56 bits per heavy atom. The van der Waals surface area contributed by atoms with Gasteiger partial charge in [-0.05, 0) is 36.1 Å². The van der Waals surface area contributed by atoms with Gasteiger partial charge in [-0.25, -0.2) is 9.59 Å². The van der Waals surface area contributed by atoms with Gasteiger partial charge in [0.25, 0.3) is 0 Å². The van der Waals surface area contributed by atoms with Crippen LogP contribution < -0.4 is 5.32 Å². The molecule has 5 atom stereocenters. The van der Waals surface area contributed by atoms with Gasteiger partial charge in [-0.2, -0.15) is 0 Å². The molecule has 2 aromatic rings. The molecule has 0 spiro atoms. The van der Waals surface area contributed by atoms with E-state index in [-0.39, 0.29) is 0 Å². The number of nitrogens with one attached hydrogen (secondary N) is 1. The normalized spacial score (nSPS) is 25.4. The van der Waals surface area contributed by atoms with Gasteiger partial charge in [-0.15, -0.1) is 0 Å². The number of benzene rings is 2. The highest BCUT2D eigenvalue weighted by Crippen LogP contribution is 2.48. The quantitative estimate of drug-likeness (QED) is 0.296. The minimum Gasteiger partial charge on any atom is -0.505 e. The van der Waals surface area contributed by atoms with Crippen molar-refractivity contribution in [2.24, 2.45) is 17.8 Å². The average molecular weight is 500 g/mol. The Kier molecular flexibility index (Phi) is 7.60. The Morgan fingerprint density at radius 3 is 2.00 bits per heavy atom. The Hall–Kier alpha value is -3.44. The van der Waals surface area contributed by atoms with E-state index in [4.69, 9.17) is 25.2 Å². The zero-order chi connectivity index (χ0) is 25.9. The van der Waals surface area contributed by atoms with E-state index in [2.05, 4.69) is 10.1 Å². The Balaban J connectivity index is 0.000000214. The van der Waals surface area contributed by atoms with Crippen molar-refractivity contribution in [2.45, 2.75) is 17.8 Å². The number of piperidine rings is 1. The monoisotopic (exact) mass is 499 g/mol. The molecule has 2 fully saturated rings. The van der Waals surface area contributed by atoms with E-state index in [1.165, 1.54) is 0 Å². The first-order valence-electron chi connectivity index (χ1n) is 11.6. The summed E-state index contributed by atoms with van der Waals surface area (Å²) in [5, 5.41) is 49.6. The second-order valence-electron chi connectivity index (χ2n) is 9.00. The molecule has 0 amide bonds. The lowest BCUT2D eigenvalue weighted by Crippen LogP contribution is -2.39. The summed E-state index contributed by atoms with van der Waals surface area (Å²) in [5.41, 5.74) is -0.720. The molecule has 1 saturated heterocycles. The SMILES string of the molecule is O=C(OCC1[C@H]2CNC[C@@H]12)C(O)(c1ccccc1)c1ccccc1.O=C1O[C@H]([C@@H](O)CO)C(O)=C1O. The number of rotatable bonds is 7. The number of hydrogen-bond donors (Lipinski definition) is 6. The molecule has 2 aromatic carbocycles. The summed E-state index contributed by atoms with van der Waals surface area (Å²) < 4.78 is 9.88. The second-order valence-corrected chi connectivity index (χ2v) is 9.00. The summed E-state index contributed by atoms with van der Waals surface area (Å²) in [6.07, 6.45) is -2.78. The lowest BCUT2D eigenvalue weighted by molar-refractivity contribution is -0.163. The molecule has 1 unspecified atom stereocenters. The van der Waals surface area contributed by atoms with Gasteiger partial charge in [-0.3, -0.25) is 0 Å². The van der Waals surface area contributed by atoms with E-state index in [9.17, 15) is 14.7 Å². The molecule has 10 heteroatoms. The number of esters is 2. The summed E-state index contributed by atoms with van der Waals surface area (Å²) in [6.45, 7) is 1.73.